The standard InChI is InChI=1S/C15H22BFO3/c1-7-10-8-13(18-6)12(17)9-11(10)16-19-14(2,3)15(4,5)20-16/h8-9H,7H2,1-6H3. The van der Waals surface area contributed by atoms with E-state index in [1.807, 2.05) is 34.6 Å². The lowest BCUT2D eigenvalue weighted by molar-refractivity contribution is 0.00578. The molecule has 1 heterocycles. The summed E-state index contributed by atoms with van der Waals surface area (Å²) < 4.78 is 31.0. The Balaban J connectivity index is 2.42. The Hall–Kier alpha value is -1.07. The van der Waals surface area contributed by atoms with Crippen molar-refractivity contribution in [3.63, 3.8) is 0 Å². The zero-order valence-corrected chi connectivity index (χ0v) is 13.0. The highest BCUT2D eigenvalue weighted by molar-refractivity contribution is 6.62. The number of benzene rings is 1. The van der Waals surface area contributed by atoms with Gasteiger partial charge in [-0.15, -0.1) is 0 Å². The van der Waals surface area contributed by atoms with E-state index in [9.17, 15) is 4.39 Å². The first-order valence-electron chi connectivity index (χ1n) is 6.94. The molecule has 0 unspecified atom stereocenters. The second-order valence-electron chi connectivity index (χ2n) is 6.13. The van der Waals surface area contributed by atoms with Gasteiger partial charge in [0.1, 0.15) is 0 Å². The normalized spacial score (nSPS) is 20.2. The molecule has 3 nitrogen and oxygen atoms in total. The summed E-state index contributed by atoms with van der Waals surface area (Å²) in [6.07, 6.45) is 0.760. The fourth-order valence-electron chi connectivity index (χ4n) is 2.26. The van der Waals surface area contributed by atoms with Gasteiger partial charge in [-0.05, 0) is 57.3 Å². The molecule has 5 heteroatoms. The lowest BCUT2D eigenvalue weighted by atomic mass is 9.75. The molecule has 0 aromatic heterocycles. The minimum absolute atomic E-state index is 0.252. The van der Waals surface area contributed by atoms with E-state index in [0.717, 1.165) is 17.4 Å². The van der Waals surface area contributed by atoms with Gasteiger partial charge in [-0.3, -0.25) is 0 Å². The van der Waals surface area contributed by atoms with Gasteiger partial charge in [0.05, 0.1) is 18.3 Å². The van der Waals surface area contributed by atoms with E-state index in [0.29, 0.717) is 0 Å². The Labute approximate surface area is 120 Å². The molecule has 0 bridgehead atoms. The van der Waals surface area contributed by atoms with Crippen LogP contribution in [0.5, 0.6) is 5.75 Å². The van der Waals surface area contributed by atoms with Crippen LogP contribution in [0.15, 0.2) is 12.1 Å². The largest absolute Gasteiger partial charge is 0.495 e. The van der Waals surface area contributed by atoms with E-state index in [-0.39, 0.29) is 5.75 Å². The number of aryl methyl sites for hydroxylation is 1. The molecule has 110 valence electrons. The summed E-state index contributed by atoms with van der Waals surface area (Å²) >= 11 is 0. The summed E-state index contributed by atoms with van der Waals surface area (Å²) in [6.45, 7) is 9.95. The summed E-state index contributed by atoms with van der Waals surface area (Å²) in [7, 11) is 0.919. The fraction of sp³-hybridized carbons (Fsp3) is 0.600. The third kappa shape index (κ3) is 2.45. The van der Waals surface area contributed by atoms with Gasteiger partial charge in [-0.1, -0.05) is 6.92 Å². The van der Waals surface area contributed by atoms with Crippen LogP contribution in [0.25, 0.3) is 0 Å². The molecule has 0 amide bonds. The molecule has 0 aliphatic carbocycles. The van der Waals surface area contributed by atoms with Crippen molar-refractivity contribution in [2.75, 3.05) is 7.11 Å². The molecule has 0 atom stereocenters. The molecule has 0 spiro atoms. The van der Waals surface area contributed by atoms with Gasteiger partial charge in [0, 0.05) is 0 Å². The Morgan fingerprint density at radius 2 is 1.70 bits per heavy atom. The van der Waals surface area contributed by atoms with Gasteiger partial charge in [0.25, 0.3) is 0 Å². The molecule has 1 saturated heterocycles. The van der Waals surface area contributed by atoms with Crippen molar-refractivity contribution in [2.24, 2.45) is 0 Å². The predicted molar refractivity (Wildman–Crippen MR) is 78.0 cm³/mol. The van der Waals surface area contributed by atoms with Gasteiger partial charge in [-0.2, -0.15) is 0 Å². The molecule has 0 N–H and O–H groups in total. The summed E-state index contributed by atoms with van der Waals surface area (Å²) in [5.74, 6) is -0.142. The average Bonchev–Trinajstić information content (AvgIpc) is 2.58. The van der Waals surface area contributed by atoms with Crippen LogP contribution >= 0.6 is 0 Å². The fourth-order valence-corrected chi connectivity index (χ4v) is 2.26. The van der Waals surface area contributed by atoms with Crippen LogP contribution in [-0.4, -0.2) is 25.4 Å². The minimum Gasteiger partial charge on any atom is -0.494 e. The van der Waals surface area contributed by atoms with Crippen LogP contribution in [-0.2, 0) is 15.7 Å². The Morgan fingerprint density at radius 3 is 2.15 bits per heavy atom. The Bertz CT molecular complexity index is 498. The zero-order chi connectivity index (χ0) is 15.1. The van der Waals surface area contributed by atoms with Crippen LogP contribution in [0.2, 0.25) is 0 Å². The first-order chi connectivity index (χ1) is 9.21. The van der Waals surface area contributed by atoms with Gasteiger partial charge in [-0.25, -0.2) is 4.39 Å². The van der Waals surface area contributed by atoms with Crippen molar-refractivity contribution < 1.29 is 18.4 Å². The van der Waals surface area contributed by atoms with E-state index in [2.05, 4.69) is 0 Å². The molecule has 20 heavy (non-hydrogen) atoms. The third-order valence-corrected chi connectivity index (χ3v) is 4.30. The average molecular weight is 280 g/mol. The van der Waals surface area contributed by atoms with E-state index in [4.69, 9.17) is 14.0 Å². The van der Waals surface area contributed by atoms with Crippen molar-refractivity contribution in [1.82, 2.24) is 0 Å². The SMILES string of the molecule is CCc1cc(OC)c(F)cc1B1OC(C)(C)C(C)(C)O1. The van der Waals surface area contributed by atoms with E-state index < -0.39 is 24.1 Å². The molecule has 0 radical (unpaired) electrons. The van der Waals surface area contributed by atoms with Crippen LogP contribution < -0.4 is 10.2 Å². The van der Waals surface area contributed by atoms with Gasteiger partial charge < -0.3 is 14.0 Å². The second kappa shape index (κ2) is 5.04. The van der Waals surface area contributed by atoms with Crippen LogP contribution in [0.1, 0.15) is 40.2 Å². The topological polar surface area (TPSA) is 27.7 Å². The van der Waals surface area contributed by atoms with Gasteiger partial charge >= 0.3 is 7.12 Å². The van der Waals surface area contributed by atoms with Gasteiger partial charge in [0.15, 0.2) is 11.6 Å². The third-order valence-electron chi connectivity index (χ3n) is 4.30. The van der Waals surface area contributed by atoms with Crippen LogP contribution in [0.3, 0.4) is 0 Å². The maximum absolute atomic E-state index is 14.0. The molecule has 1 aromatic rings. The highest BCUT2D eigenvalue weighted by atomic mass is 19.1. The Morgan fingerprint density at radius 1 is 1.15 bits per heavy atom. The summed E-state index contributed by atoms with van der Waals surface area (Å²) in [5, 5.41) is 0. The summed E-state index contributed by atoms with van der Waals surface area (Å²) in [6, 6.07) is 3.18. The lowest BCUT2D eigenvalue weighted by Gasteiger charge is -2.32. The molecule has 1 aliphatic rings. The lowest BCUT2D eigenvalue weighted by Crippen LogP contribution is -2.41. The molecule has 1 aromatic carbocycles. The smallest absolute Gasteiger partial charge is 0.494 e. The summed E-state index contributed by atoms with van der Waals surface area (Å²) in [4.78, 5) is 0. The number of methoxy groups -OCH3 is 1. The van der Waals surface area contributed by atoms with Crippen molar-refractivity contribution >= 4 is 12.6 Å². The van der Waals surface area contributed by atoms with E-state index in [1.54, 1.807) is 6.07 Å². The maximum Gasteiger partial charge on any atom is 0.495 e. The molecule has 1 fully saturated rings. The molecule has 1 aliphatic heterocycles. The second-order valence-corrected chi connectivity index (χ2v) is 6.13. The van der Waals surface area contributed by atoms with Crippen LogP contribution in [0, 0.1) is 5.82 Å². The first kappa shape index (κ1) is 15.3. The van der Waals surface area contributed by atoms with Crippen molar-refractivity contribution in [3.05, 3.63) is 23.5 Å². The first-order valence-corrected chi connectivity index (χ1v) is 6.94. The number of rotatable bonds is 3. The molecule has 2 rings (SSSR count). The van der Waals surface area contributed by atoms with Crippen molar-refractivity contribution in [1.29, 1.82) is 0 Å². The number of hydrogen-bond acceptors (Lipinski definition) is 3. The molecule has 0 saturated carbocycles. The zero-order valence-electron chi connectivity index (χ0n) is 13.0. The highest BCUT2D eigenvalue weighted by Crippen LogP contribution is 2.37. The number of ether oxygens (including phenoxy) is 1. The molecular formula is C15H22BFO3. The highest BCUT2D eigenvalue weighted by Gasteiger charge is 2.52. The Kier molecular flexibility index (Phi) is 3.86. The number of halogens is 1. The van der Waals surface area contributed by atoms with Crippen molar-refractivity contribution in [2.45, 2.75) is 52.2 Å². The maximum atomic E-state index is 14.0. The minimum atomic E-state index is -0.546. The quantitative estimate of drug-likeness (QED) is 0.797. The van der Waals surface area contributed by atoms with E-state index >= 15 is 0 Å². The predicted octanol–water partition coefficient (Wildman–Crippen LogP) is 2.70. The van der Waals surface area contributed by atoms with Gasteiger partial charge in [0.2, 0.25) is 0 Å². The molecular weight excluding hydrogens is 258 g/mol. The summed E-state index contributed by atoms with van der Waals surface area (Å²) in [5.41, 5.74) is 0.851. The number of hydrogen-bond donors (Lipinski definition) is 0. The van der Waals surface area contributed by atoms with Crippen molar-refractivity contribution in [3.8, 4) is 5.75 Å². The monoisotopic (exact) mass is 280 g/mol. The van der Waals surface area contributed by atoms with Crippen LogP contribution in [0.4, 0.5) is 4.39 Å². The van der Waals surface area contributed by atoms with E-state index in [1.165, 1.54) is 13.2 Å².